The van der Waals surface area contributed by atoms with Gasteiger partial charge in [-0.3, -0.25) is 4.98 Å². The van der Waals surface area contributed by atoms with Gasteiger partial charge in [0.25, 0.3) is 0 Å². The van der Waals surface area contributed by atoms with E-state index in [0.29, 0.717) is 0 Å². The molecular weight excluding hydrogens is 210 g/mol. The first-order valence-corrected chi connectivity index (χ1v) is 5.68. The van der Waals surface area contributed by atoms with Crippen molar-refractivity contribution in [3.8, 4) is 0 Å². The normalized spacial score (nSPS) is 10.0. The van der Waals surface area contributed by atoms with E-state index < -0.39 is 0 Å². The highest BCUT2D eigenvalue weighted by Gasteiger charge is 2.02. The molecule has 0 aliphatic carbocycles. The van der Waals surface area contributed by atoms with E-state index in [1.54, 1.807) is 0 Å². The van der Waals surface area contributed by atoms with Crippen molar-refractivity contribution < 1.29 is 0 Å². The van der Waals surface area contributed by atoms with Crippen LogP contribution in [0.3, 0.4) is 0 Å². The van der Waals surface area contributed by atoms with Gasteiger partial charge in [-0.25, -0.2) is 0 Å². The van der Waals surface area contributed by atoms with Crippen molar-refractivity contribution >= 4 is 11.4 Å². The fourth-order valence-corrected chi connectivity index (χ4v) is 1.74. The standard InChI is InChI=1S/C14H17N3/c1-15-12-8-9-16-13(10-12)11-17(2)14-6-4-3-5-7-14/h3-10H,11H2,1-2H3,(H,15,16). The SMILES string of the molecule is CNc1ccnc(CN(C)c2ccccc2)c1. The van der Waals surface area contributed by atoms with E-state index in [-0.39, 0.29) is 0 Å². The smallest absolute Gasteiger partial charge is 0.0617 e. The molecule has 3 heteroatoms. The number of anilines is 2. The molecule has 0 fully saturated rings. The Hall–Kier alpha value is -2.03. The quantitative estimate of drug-likeness (QED) is 0.870. The summed E-state index contributed by atoms with van der Waals surface area (Å²) in [5, 5.41) is 3.12. The molecule has 0 aliphatic rings. The Labute approximate surface area is 102 Å². The molecule has 0 saturated carbocycles. The van der Waals surface area contributed by atoms with Gasteiger partial charge in [-0.05, 0) is 24.3 Å². The Morgan fingerprint density at radius 2 is 1.94 bits per heavy atom. The third kappa shape index (κ3) is 2.97. The van der Waals surface area contributed by atoms with Crippen LogP contribution in [0, 0.1) is 0 Å². The van der Waals surface area contributed by atoms with Crippen molar-refractivity contribution in [3.63, 3.8) is 0 Å². The predicted molar refractivity (Wildman–Crippen MR) is 72.3 cm³/mol. The lowest BCUT2D eigenvalue weighted by Gasteiger charge is -2.18. The Kier molecular flexibility index (Phi) is 3.60. The van der Waals surface area contributed by atoms with E-state index in [1.165, 1.54) is 5.69 Å². The maximum absolute atomic E-state index is 4.37. The fourth-order valence-electron chi connectivity index (χ4n) is 1.74. The Balaban J connectivity index is 2.10. The summed E-state index contributed by atoms with van der Waals surface area (Å²) in [6.45, 7) is 0.805. The minimum Gasteiger partial charge on any atom is -0.388 e. The van der Waals surface area contributed by atoms with Crippen molar-refractivity contribution in [1.82, 2.24) is 4.98 Å². The molecule has 0 radical (unpaired) electrons. The molecular formula is C14H17N3. The zero-order chi connectivity index (χ0) is 12.1. The number of pyridine rings is 1. The average molecular weight is 227 g/mol. The van der Waals surface area contributed by atoms with Crippen LogP contribution in [-0.4, -0.2) is 19.1 Å². The molecule has 2 rings (SSSR count). The Morgan fingerprint density at radius 1 is 1.18 bits per heavy atom. The summed E-state index contributed by atoms with van der Waals surface area (Å²) < 4.78 is 0. The molecule has 1 aromatic carbocycles. The summed E-state index contributed by atoms with van der Waals surface area (Å²) in [5.74, 6) is 0. The Bertz CT molecular complexity index is 468. The van der Waals surface area contributed by atoms with Crippen LogP contribution in [0.25, 0.3) is 0 Å². The summed E-state index contributed by atoms with van der Waals surface area (Å²) in [4.78, 5) is 6.55. The summed E-state index contributed by atoms with van der Waals surface area (Å²) in [6.07, 6.45) is 1.83. The molecule has 0 unspecified atom stereocenters. The molecule has 3 nitrogen and oxygen atoms in total. The number of rotatable bonds is 4. The molecule has 2 aromatic rings. The van der Waals surface area contributed by atoms with Gasteiger partial charge in [0.2, 0.25) is 0 Å². The zero-order valence-electron chi connectivity index (χ0n) is 10.2. The average Bonchev–Trinajstić information content (AvgIpc) is 2.40. The molecule has 1 N–H and O–H groups in total. The van der Waals surface area contributed by atoms with Crippen molar-refractivity contribution in [3.05, 3.63) is 54.4 Å². The Morgan fingerprint density at radius 3 is 2.65 bits per heavy atom. The number of nitrogens with one attached hydrogen (secondary N) is 1. The molecule has 17 heavy (non-hydrogen) atoms. The van der Waals surface area contributed by atoms with Crippen molar-refractivity contribution in [2.24, 2.45) is 0 Å². The van der Waals surface area contributed by atoms with Crippen molar-refractivity contribution in [2.45, 2.75) is 6.54 Å². The maximum atomic E-state index is 4.37. The number of hydrogen-bond acceptors (Lipinski definition) is 3. The van der Waals surface area contributed by atoms with Gasteiger partial charge in [-0.15, -0.1) is 0 Å². The molecule has 0 atom stereocenters. The largest absolute Gasteiger partial charge is 0.388 e. The maximum Gasteiger partial charge on any atom is 0.0617 e. The highest BCUT2D eigenvalue weighted by Crippen LogP contribution is 2.15. The van der Waals surface area contributed by atoms with Crippen molar-refractivity contribution in [1.29, 1.82) is 0 Å². The van der Waals surface area contributed by atoms with Crippen molar-refractivity contribution in [2.75, 3.05) is 24.3 Å². The topological polar surface area (TPSA) is 28.2 Å². The van der Waals surface area contributed by atoms with Crippen LogP contribution in [0.1, 0.15) is 5.69 Å². The molecule has 0 aliphatic heterocycles. The second kappa shape index (κ2) is 5.34. The molecule has 0 amide bonds. The van der Waals surface area contributed by atoms with Gasteiger partial charge in [-0.2, -0.15) is 0 Å². The number of aromatic nitrogens is 1. The van der Waals surface area contributed by atoms with Crippen LogP contribution in [0.2, 0.25) is 0 Å². The third-order valence-corrected chi connectivity index (χ3v) is 2.70. The highest BCUT2D eigenvalue weighted by atomic mass is 15.1. The summed E-state index contributed by atoms with van der Waals surface area (Å²) in [5.41, 5.74) is 3.35. The lowest BCUT2D eigenvalue weighted by Crippen LogP contribution is -2.17. The lowest BCUT2D eigenvalue weighted by molar-refractivity contribution is 0.885. The first-order chi connectivity index (χ1) is 8.29. The molecule has 0 saturated heterocycles. The lowest BCUT2D eigenvalue weighted by atomic mass is 10.2. The van der Waals surface area contributed by atoms with E-state index in [0.717, 1.165) is 17.9 Å². The molecule has 1 heterocycles. The number of nitrogens with zero attached hydrogens (tertiary/aromatic N) is 2. The summed E-state index contributed by atoms with van der Waals surface area (Å²) in [6, 6.07) is 14.3. The van der Waals surface area contributed by atoms with E-state index in [9.17, 15) is 0 Å². The highest BCUT2D eigenvalue weighted by molar-refractivity contribution is 5.47. The van der Waals surface area contributed by atoms with Gasteiger partial charge in [0.05, 0.1) is 12.2 Å². The minimum atomic E-state index is 0.805. The van der Waals surface area contributed by atoms with E-state index in [2.05, 4.69) is 40.4 Å². The van der Waals surface area contributed by atoms with Crippen LogP contribution < -0.4 is 10.2 Å². The minimum absolute atomic E-state index is 0.805. The van der Waals surface area contributed by atoms with Crippen LogP contribution >= 0.6 is 0 Å². The van der Waals surface area contributed by atoms with Crippen LogP contribution in [-0.2, 0) is 6.54 Å². The van der Waals surface area contributed by atoms with Gasteiger partial charge in [-0.1, -0.05) is 18.2 Å². The molecule has 0 spiro atoms. The van der Waals surface area contributed by atoms with E-state index in [4.69, 9.17) is 0 Å². The first kappa shape index (κ1) is 11.5. The van der Waals surface area contributed by atoms with Gasteiger partial charge in [0, 0.05) is 31.7 Å². The number of benzene rings is 1. The van der Waals surface area contributed by atoms with Gasteiger partial charge >= 0.3 is 0 Å². The number of para-hydroxylation sites is 1. The molecule has 0 bridgehead atoms. The van der Waals surface area contributed by atoms with Gasteiger partial charge in [0.1, 0.15) is 0 Å². The van der Waals surface area contributed by atoms with E-state index in [1.807, 2.05) is 37.5 Å². The second-order valence-electron chi connectivity index (χ2n) is 3.98. The first-order valence-electron chi connectivity index (χ1n) is 5.68. The molecule has 1 aromatic heterocycles. The van der Waals surface area contributed by atoms with E-state index >= 15 is 0 Å². The monoisotopic (exact) mass is 227 g/mol. The second-order valence-corrected chi connectivity index (χ2v) is 3.98. The summed E-state index contributed by atoms with van der Waals surface area (Å²) >= 11 is 0. The van der Waals surface area contributed by atoms with Gasteiger partial charge in [0.15, 0.2) is 0 Å². The van der Waals surface area contributed by atoms with Crippen LogP contribution in [0.4, 0.5) is 11.4 Å². The fraction of sp³-hybridized carbons (Fsp3) is 0.214. The van der Waals surface area contributed by atoms with Gasteiger partial charge < -0.3 is 10.2 Å². The number of hydrogen-bond donors (Lipinski definition) is 1. The van der Waals surface area contributed by atoms with Crippen LogP contribution in [0.15, 0.2) is 48.7 Å². The molecule has 88 valence electrons. The third-order valence-electron chi connectivity index (χ3n) is 2.70. The van der Waals surface area contributed by atoms with Crippen LogP contribution in [0.5, 0.6) is 0 Å². The summed E-state index contributed by atoms with van der Waals surface area (Å²) in [7, 11) is 3.99. The zero-order valence-corrected chi connectivity index (χ0v) is 10.2. The predicted octanol–water partition coefficient (Wildman–Crippen LogP) is 2.76.